The summed E-state index contributed by atoms with van der Waals surface area (Å²) >= 11 is 2.15. The van der Waals surface area contributed by atoms with Gasteiger partial charge in [0.1, 0.15) is 0 Å². The van der Waals surface area contributed by atoms with E-state index in [9.17, 15) is 14.7 Å². The molecule has 0 heterocycles. The van der Waals surface area contributed by atoms with Crippen LogP contribution in [-0.4, -0.2) is 17.0 Å². The van der Waals surface area contributed by atoms with Gasteiger partial charge >= 0.3 is 5.97 Å². The summed E-state index contributed by atoms with van der Waals surface area (Å²) in [5.41, 5.74) is 0.753. The molecule has 102 valence electrons. The number of amides is 1. The van der Waals surface area contributed by atoms with E-state index in [0.717, 1.165) is 22.1 Å². The third-order valence-corrected chi connectivity index (χ3v) is 4.49. The van der Waals surface area contributed by atoms with E-state index < -0.39 is 17.8 Å². The fourth-order valence-corrected chi connectivity index (χ4v) is 3.05. The maximum atomic E-state index is 12.3. The van der Waals surface area contributed by atoms with Gasteiger partial charge in [-0.05, 0) is 47.6 Å². The van der Waals surface area contributed by atoms with Crippen molar-refractivity contribution < 1.29 is 14.7 Å². The summed E-state index contributed by atoms with van der Waals surface area (Å²) in [5, 5.41) is 12.1. The Labute approximate surface area is 125 Å². The lowest BCUT2D eigenvalue weighted by Crippen LogP contribution is -2.36. The Balaban J connectivity index is 2.10. The lowest BCUT2D eigenvalue weighted by atomic mass is 9.78. The molecule has 19 heavy (non-hydrogen) atoms. The second-order valence-corrected chi connectivity index (χ2v) is 5.97. The molecule has 0 aliphatic heterocycles. The molecule has 2 unspecified atom stereocenters. The molecule has 0 radical (unpaired) electrons. The van der Waals surface area contributed by atoms with Crippen LogP contribution in [0.4, 0.5) is 5.69 Å². The zero-order valence-corrected chi connectivity index (χ0v) is 12.6. The number of carboxylic acid groups (broad SMARTS) is 1. The molecule has 4 nitrogen and oxygen atoms in total. The van der Waals surface area contributed by atoms with Crippen LogP contribution in [0.15, 0.2) is 24.3 Å². The summed E-state index contributed by atoms with van der Waals surface area (Å²) in [6.45, 7) is 0. The van der Waals surface area contributed by atoms with Gasteiger partial charge in [-0.1, -0.05) is 25.0 Å². The third-order valence-electron chi connectivity index (χ3n) is 3.55. The van der Waals surface area contributed by atoms with E-state index in [1.54, 1.807) is 0 Å². The number of hydrogen-bond donors (Lipinski definition) is 2. The van der Waals surface area contributed by atoms with Gasteiger partial charge in [-0.25, -0.2) is 0 Å². The maximum Gasteiger partial charge on any atom is 0.307 e. The molecule has 1 aliphatic rings. The second-order valence-electron chi connectivity index (χ2n) is 4.80. The summed E-state index contributed by atoms with van der Waals surface area (Å²) in [6.07, 6.45) is 3.07. The Morgan fingerprint density at radius 3 is 2.42 bits per heavy atom. The first kappa shape index (κ1) is 14.3. The largest absolute Gasteiger partial charge is 0.481 e. The minimum atomic E-state index is -0.859. The standard InChI is InChI=1S/C14H16INO3/c15-11-7-3-4-8-12(11)16-13(17)9-5-1-2-6-10(9)14(18)19/h3-4,7-10H,1-2,5-6H2,(H,16,17)(H,18,19). The molecule has 2 atom stereocenters. The van der Waals surface area contributed by atoms with Crippen molar-refractivity contribution in [1.29, 1.82) is 0 Å². The third kappa shape index (κ3) is 3.46. The summed E-state index contributed by atoms with van der Waals surface area (Å²) in [4.78, 5) is 23.5. The van der Waals surface area contributed by atoms with Crippen LogP contribution in [0.2, 0.25) is 0 Å². The van der Waals surface area contributed by atoms with E-state index in [-0.39, 0.29) is 5.91 Å². The fraction of sp³-hybridized carbons (Fsp3) is 0.429. The molecular weight excluding hydrogens is 357 g/mol. The first-order valence-electron chi connectivity index (χ1n) is 6.38. The van der Waals surface area contributed by atoms with Crippen molar-refractivity contribution in [1.82, 2.24) is 0 Å². The minimum Gasteiger partial charge on any atom is -0.481 e. The van der Waals surface area contributed by atoms with Gasteiger partial charge in [0.05, 0.1) is 17.5 Å². The molecular formula is C14H16INO3. The minimum absolute atomic E-state index is 0.170. The molecule has 0 aromatic heterocycles. The van der Waals surface area contributed by atoms with Crippen LogP contribution in [0.1, 0.15) is 25.7 Å². The van der Waals surface area contributed by atoms with Crippen molar-refractivity contribution in [3.8, 4) is 0 Å². The van der Waals surface area contributed by atoms with Crippen LogP contribution in [-0.2, 0) is 9.59 Å². The smallest absolute Gasteiger partial charge is 0.307 e. The van der Waals surface area contributed by atoms with Crippen molar-refractivity contribution in [2.75, 3.05) is 5.32 Å². The number of benzene rings is 1. The molecule has 2 rings (SSSR count). The first-order valence-corrected chi connectivity index (χ1v) is 7.45. The number of anilines is 1. The zero-order valence-electron chi connectivity index (χ0n) is 10.4. The monoisotopic (exact) mass is 373 g/mol. The highest BCUT2D eigenvalue weighted by Gasteiger charge is 2.35. The molecule has 1 aromatic carbocycles. The van der Waals surface area contributed by atoms with Gasteiger partial charge in [-0.3, -0.25) is 9.59 Å². The Kier molecular flexibility index (Phi) is 4.79. The van der Waals surface area contributed by atoms with Gasteiger partial charge in [-0.15, -0.1) is 0 Å². The Hall–Kier alpha value is -1.11. The Morgan fingerprint density at radius 2 is 1.79 bits per heavy atom. The molecule has 1 saturated carbocycles. The second kappa shape index (κ2) is 6.36. The van der Waals surface area contributed by atoms with Crippen molar-refractivity contribution in [2.24, 2.45) is 11.8 Å². The first-order chi connectivity index (χ1) is 9.09. The number of para-hydroxylation sites is 1. The number of rotatable bonds is 3. The molecule has 5 heteroatoms. The number of nitrogens with one attached hydrogen (secondary N) is 1. The van der Waals surface area contributed by atoms with Crippen LogP contribution >= 0.6 is 22.6 Å². The highest BCUT2D eigenvalue weighted by molar-refractivity contribution is 14.1. The topological polar surface area (TPSA) is 66.4 Å². The molecule has 0 spiro atoms. The number of carboxylic acids is 1. The number of aliphatic carboxylic acids is 1. The number of halogens is 1. The number of carbonyl (C=O) groups excluding carboxylic acids is 1. The average molecular weight is 373 g/mol. The zero-order chi connectivity index (χ0) is 13.8. The quantitative estimate of drug-likeness (QED) is 0.801. The van der Waals surface area contributed by atoms with Crippen LogP contribution in [0.5, 0.6) is 0 Å². The average Bonchev–Trinajstić information content (AvgIpc) is 2.41. The van der Waals surface area contributed by atoms with E-state index in [1.165, 1.54) is 0 Å². The van der Waals surface area contributed by atoms with Crippen LogP contribution in [0, 0.1) is 15.4 Å². The number of carbonyl (C=O) groups is 2. The molecule has 2 N–H and O–H groups in total. The van der Waals surface area contributed by atoms with Gasteiger partial charge in [-0.2, -0.15) is 0 Å². The predicted octanol–water partition coefficient (Wildman–Crippen LogP) is 3.12. The Morgan fingerprint density at radius 1 is 1.16 bits per heavy atom. The van der Waals surface area contributed by atoms with Crippen LogP contribution in [0.3, 0.4) is 0 Å². The van der Waals surface area contributed by atoms with E-state index >= 15 is 0 Å². The molecule has 0 bridgehead atoms. The van der Waals surface area contributed by atoms with E-state index in [4.69, 9.17) is 0 Å². The highest BCUT2D eigenvalue weighted by atomic mass is 127. The molecule has 0 saturated heterocycles. The van der Waals surface area contributed by atoms with Crippen LogP contribution in [0.25, 0.3) is 0 Å². The van der Waals surface area contributed by atoms with Gasteiger partial charge < -0.3 is 10.4 Å². The van der Waals surface area contributed by atoms with Gasteiger partial charge in [0.25, 0.3) is 0 Å². The van der Waals surface area contributed by atoms with Gasteiger partial charge in [0.15, 0.2) is 0 Å². The van der Waals surface area contributed by atoms with Gasteiger partial charge in [0.2, 0.25) is 5.91 Å². The fourth-order valence-electron chi connectivity index (χ4n) is 2.53. The summed E-state index contributed by atoms with van der Waals surface area (Å²) in [5.74, 6) is -1.99. The predicted molar refractivity (Wildman–Crippen MR) is 80.9 cm³/mol. The molecule has 1 aromatic rings. The van der Waals surface area contributed by atoms with E-state index in [2.05, 4.69) is 27.9 Å². The lowest BCUT2D eigenvalue weighted by Gasteiger charge is -2.27. The maximum absolute atomic E-state index is 12.3. The highest BCUT2D eigenvalue weighted by Crippen LogP contribution is 2.31. The number of hydrogen-bond acceptors (Lipinski definition) is 2. The van der Waals surface area contributed by atoms with Gasteiger partial charge in [0, 0.05) is 3.57 Å². The summed E-state index contributed by atoms with van der Waals surface area (Å²) in [7, 11) is 0. The van der Waals surface area contributed by atoms with Crippen molar-refractivity contribution >= 4 is 40.2 Å². The van der Waals surface area contributed by atoms with E-state index in [0.29, 0.717) is 12.8 Å². The van der Waals surface area contributed by atoms with Crippen molar-refractivity contribution in [2.45, 2.75) is 25.7 Å². The summed E-state index contributed by atoms with van der Waals surface area (Å²) in [6, 6.07) is 7.50. The van der Waals surface area contributed by atoms with Crippen LogP contribution < -0.4 is 5.32 Å². The lowest BCUT2D eigenvalue weighted by molar-refractivity contribution is -0.147. The SMILES string of the molecule is O=C(O)C1CCCCC1C(=O)Nc1ccccc1I. The Bertz CT molecular complexity index is 489. The molecule has 1 fully saturated rings. The van der Waals surface area contributed by atoms with E-state index in [1.807, 2.05) is 24.3 Å². The van der Waals surface area contributed by atoms with Crippen molar-refractivity contribution in [3.63, 3.8) is 0 Å². The normalized spacial score (nSPS) is 22.8. The molecule has 1 amide bonds. The van der Waals surface area contributed by atoms with Crippen molar-refractivity contribution in [3.05, 3.63) is 27.8 Å². The summed E-state index contributed by atoms with van der Waals surface area (Å²) < 4.78 is 0.955. The molecule has 1 aliphatic carbocycles.